The second kappa shape index (κ2) is 12.4. The van der Waals surface area contributed by atoms with Crippen molar-refractivity contribution >= 4 is 29.5 Å². The topological polar surface area (TPSA) is 81.2 Å². The summed E-state index contributed by atoms with van der Waals surface area (Å²) in [5.74, 6) is -0.906. The number of amides is 3. The standard InChI is InChI=1S/C27H43N3O4S/c1-5-8-10-17-29(16-7-3)26(34)23-27-14-13-20(35-27)21(24(32)28(4)15-6-2)22(27)25(33)30(23)18-11-9-12-19-31/h6-7,20-23,31H,2-3,5,8-19H2,1,4H3/t20-,21+,22+,23?,27?/m1/s1. The molecule has 3 amide bonds. The third-order valence-corrected chi connectivity index (χ3v) is 9.80. The zero-order chi connectivity index (χ0) is 25.6. The molecule has 2 bridgehead atoms. The minimum absolute atomic E-state index is 0.000272. The Morgan fingerprint density at radius 1 is 1.14 bits per heavy atom. The van der Waals surface area contributed by atoms with Gasteiger partial charge in [-0.1, -0.05) is 31.9 Å². The van der Waals surface area contributed by atoms with Crippen molar-refractivity contribution in [3.05, 3.63) is 25.3 Å². The van der Waals surface area contributed by atoms with E-state index in [1.165, 1.54) is 0 Å². The first-order chi connectivity index (χ1) is 16.9. The summed E-state index contributed by atoms with van der Waals surface area (Å²) in [5, 5.41) is 9.26. The quantitative estimate of drug-likeness (QED) is 0.273. The lowest BCUT2D eigenvalue weighted by atomic mass is 9.70. The fourth-order valence-electron chi connectivity index (χ4n) is 6.24. The second-order valence-electron chi connectivity index (χ2n) is 10.2. The molecule has 1 spiro atoms. The molecule has 3 fully saturated rings. The number of aliphatic hydroxyl groups excluding tert-OH is 1. The molecule has 0 aromatic heterocycles. The van der Waals surface area contributed by atoms with Crippen LogP contribution in [0.1, 0.15) is 58.3 Å². The third-order valence-electron chi connectivity index (χ3n) is 7.85. The van der Waals surface area contributed by atoms with E-state index >= 15 is 0 Å². The van der Waals surface area contributed by atoms with Crippen molar-refractivity contribution in [2.24, 2.45) is 11.8 Å². The van der Waals surface area contributed by atoms with Gasteiger partial charge < -0.3 is 19.8 Å². The summed E-state index contributed by atoms with van der Waals surface area (Å²) in [5.41, 5.74) is 0. The number of unbranched alkanes of at least 4 members (excludes halogenated alkanes) is 4. The Hall–Kier alpha value is -1.80. The Kier molecular flexibility index (Phi) is 9.87. The molecule has 3 aliphatic heterocycles. The van der Waals surface area contributed by atoms with E-state index in [9.17, 15) is 19.5 Å². The first kappa shape index (κ1) is 27.8. The molecule has 3 saturated heterocycles. The van der Waals surface area contributed by atoms with Crippen LogP contribution in [0.4, 0.5) is 0 Å². The molecule has 0 radical (unpaired) electrons. The predicted octanol–water partition coefficient (Wildman–Crippen LogP) is 3.09. The molecule has 0 saturated carbocycles. The van der Waals surface area contributed by atoms with Crippen LogP contribution >= 0.6 is 11.8 Å². The number of likely N-dealkylation sites (N-methyl/N-ethyl adjacent to an activating group) is 1. The number of rotatable bonds is 15. The van der Waals surface area contributed by atoms with Crippen molar-refractivity contribution in [3.63, 3.8) is 0 Å². The van der Waals surface area contributed by atoms with Gasteiger partial charge in [-0.05, 0) is 38.5 Å². The van der Waals surface area contributed by atoms with Crippen LogP contribution in [-0.4, -0.2) is 93.4 Å². The summed E-state index contributed by atoms with van der Waals surface area (Å²) in [6.45, 7) is 11.9. The molecular formula is C27H43N3O4S. The molecular weight excluding hydrogens is 462 g/mol. The van der Waals surface area contributed by atoms with E-state index in [4.69, 9.17) is 0 Å². The van der Waals surface area contributed by atoms with Crippen molar-refractivity contribution in [2.75, 3.05) is 39.8 Å². The van der Waals surface area contributed by atoms with Crippen LogP contribution in [0.2, 0.25) is 0 Å². The number of fused-ring (bicyclic) bond motifs is 1. The zero-order valence-electron chi connectivity index (χ0n) is 21.5. The maximum atomic E-state index is 14.1. The zero-order valence-corrected chi connectivity index (χ0v) is 22.3. The molecule has 5 atom stereocenters. The van der Waals surface area contributed by atoms with Gasteiger partial charge in [0.05, 0.1) is 16.6 Å². The van der Waals surface area contributed by atoms with Crippen molar-refractivity contribution < 1.29 is 19.5 Å². The Labute approximate surface area is 215 Å². The SMILES string of the molecule is C=CCN(C)C(=O)[C@@H]1[C@H]2C(=O)N(CCCCCO)C(C(=O)N(CC=C)CCCCC)C23CC[C@H]1S3. The van der Waals surface area contributed by atoms with Gasteiger partial charge in [-0.15, -0.1) is 24.9 Å². The Morgan fingerprint density at radius 2 is 1.89 bits per heavy atom. The molecule has 35 heavy (non-hydrogen) atoms. The van der Waals surface area contributed by atoms with E-state index in [1.54, 1.807) is 40.8 Å². The van der Waals surface area contributed by atoms with Crippen LogP contribution in [-0.2, 0) is 14.4 Å². The molecule has 196 valence electrons. The maximum absolute atomic E-state index is 14.1. The van der Waals surface area contributed by atoms with Gasteiger partial charge in [0.1, 0.15) is 6.04 Å². The number of nitrogens with zero attached hydrogens (tertiary/aromatic N) is 3. The number of hydrogen-bond donors (Lipinski definition) is 1. The number of carbonyl (C=O) groups excluding carboxylic acids is 3. The van der Waals surface area contributed by atoms with Crippen molar-refractivity contribution in [3.8, 4) is 0 Å². The highest BCUT2D eigenvalue weighted by atomic mass is 32.2. The fraction of sp³-hybridized carbons (Fsp3) is 0.741. The number of thioether (sulfide) groups is 1. The summed E-state index contributed by atoms with van der Waals surface area (Å²) in [4.78, 5) is 46.9. The lowest BCUT2D eigenvalue weighted by Gasteiger charge is -2.37. The lowest BCUT2D eigenvalue weighted by molar-refractivity contribution is -0.144. The van der Waals surface area contributed by atoms with Gasteiger partial charge in [0, 0.05) is 45.1 Å². The molecule has 7 nitrogen and oxygen atoms in total. The van der Waals surface area contributed by atoms with Crippen molar-refractivity contribution in [1.82, 2.24) is 14.7 Å². The van der Waals surface area contributed by atoms with E-state index < -0.39 is 22.6 Å². The molecule has 3 aliphatic rings. The van der Waals surface area contributed by atoms with Crippen molar-refractivity contribution in [1.29, 1.82) is 0 Å². The minimum Gasteiger partial charge on any atom is -0.396 e. The average molecular weight is 506 g/mol. The highest BCUT2D eigenvalue weighted by Gasteiger charge is 2.73. The molecule has 8 heteroatoms. The summed E-state index contributed by atoms with van der Waals surface area (Å²) in [6, 6.07) is -0.548. The van der Waals surface area contributed by atoms with Gasteiger partial charge in [0.15, 0.2) is 0 Å². The smallest absolute Gasteiger partial charge is 0.247 e. The van der Waals surface area contributed by atoms with Gasteiger partial charge >= 0.3 is 0 Å². The van der Waals surface area contributed by atoms with Gasteiger partial charge in [-0.3, -0.25) is 14.4 Å². The molecule has 0 aromatic rings. The van der Waals surface area contributed by atoms with Gasteiger partial charge in [-0.25, -0.2) is 0 Å². The Morgan fingerprint density at radius 3 is 2.54 bits per heavy atom. The van der Waals surface area contributed by atoms with Gasteiger partial charge in [0.2, 0.25) is 17.7 Å². The molecule has 0 aliphatic carbocycles. The Bertz CT molecular complexity index is 805. The normalized spacial score (nSPS) is 28.8. The van der Waals surface area contributed by atoms with Crippen LogP contribution in [0.3, 0.4) is 0 Å². The highest BCUT2D eigenvalue weighted by Crippen LogP contribution is 2.66. The first-order valence-electron chi connectivity index (χ1n) is 13.2. The van der Waals surface area contributed by atoms with Crippen LogP contribution in [0.5, 0.6) is 0 Å². The molecule has 1 N–H and O–H groups in total. The van der Waals surface area contributed by atoms with E-state index in [1.807, 2.05) is 4.90 Å². The van der Waals surface area contributed by atoms with Crippen LogP contribution in [0, 0.1) is 11.8 Å². The van der Waals surface area contributed by atoms with Gasteiger partial charge in [-0.2, -0.15) is 0 Å². The van der Waals surface area contributed by atoms with Crippen LogP contribution in [0.15, 0.2) is 25.3 Å². The highest BCUT2D eigenvalue weighted by molar-refractivity contribution is 8.02. The molecule has 0 aromatic carbocycles. The van der Waals surface area contributed by atoms with E-state index in [0.29, 0.717) is 32.6 Å². The van der Waals surface area contributed by atoms with E-state index in [0.717, 1.165) is 44.9 Å². The maximum Gasteiger partial charge on any atom is 0.247 e. The third kappa shape index (κ3) is 5.33. The van der Waals surface area contributed by atoms with E-state index in [-0.39, 0.29) is 29.6 Å². The molecule has 3 rings (SSSR count). The average Bonchev–Trinajstić information content (AvgIpc) is 3.48. The Balaban J connectivity index is 1.94. The van der Waals surface area contributed by atoms with Crippen LogP contribution < -0.4 is 0 Å². The number of likely N-dealkylation sites (tertiary alicyclic amines) is 1. The summed E-state index contributed by atoms with van der Waals surface area (Å²) in [7, 11) is 1.77. The largest absolute Gasteiger partial charge is 0.396 e. The first-order valence-corrected chi connectivity index (χ1v) is 14.1. The van der Waals surface area contributed by atoms with Crippen molar-refractivity contribution in [2.45, 2.75) is 74.3 Å². The molecule has 3 heterocycles. The number of carbonyl (C=O) groups is 3. The monoisotopic (exact) mass is 505 g/mol. The summed E-state index contributed by atoms with van der Waals surface area (Å²) < 4.78 is -0.546. The predicted molar refractivity (Wildman–Crippen MR) is 141 cm³/mol. The fourth-order valence-corrected chi connectivity index (χ4v) is 8.44. The van der Waals surface area contributed by atoms with E-state index in [2.05, 4.69) is 20.1 Å². The van der Waals surface area contributed by atoms with Crippen LogP contribution in [0.25, 0.3) is 0 Å². The second-order valence-corrected chi connectivity index (χ2v) is 11.8. The summed E-state index contributed by atoms with van der Waals surface area (Å²) >= 11 is 1.72. The minimum atomic E-state index is -0.548. The number of hydrogen-bond acceptors (Lipinski definition) is 5. The van der Waals surface area contributed by atoms with Gasteiger partial charge in [0.25, 0.3) is 0 Å². The summed E-state index contributed by atoms with van der Waals surface area (Å²) in [6.07, 6.45) is 10.4. The number of aliphatic hydroxyl groups is 1. The lowest BCUT2D eigenvalue weighted by Crippen LogP contribution is -2.55. The molecule has 2 unspecified atom stereocenters.